The van der Waals surface area contributed by atoms with Crippen LogP contribution in [-0.2, 0) is 13.7 Å². The first kappa shape index (κ1) is 12.2. The quantitative estimate of drug-likeness (QED) is 0.746. The summed E-state index contributed by atoms with van der Waals surface area (Å²) in [5, 5.41) is 14.5. The normalized spacial score (nSPS) is 10.7. The molecule has 0 saturated heterocycles. The summed E-state index contributed by atoms with van der Waals surface area (Å²) in [7, 11) is 1.87. The third kappa shape index (κ3) is 2.46. The molecule has 0 aliphatic carbocycles. The van der Waals surface area contributed by atoms with Crippen molar-refractivity contribution in [1.29, 1.82) is 0 Å². The number of nitrogen functional groups attached to an aromatic ring is 1. The van der Waals surface area contributed by atoms with Crippen LogP contribution in [0.4, 0.5) is 5.82 Å². The molecule has 0 bridgehead atoms. The third-order valence-electron chi connectivity index (χ3n) is 2.84. The van der Waals surface area contributed by atoms with Crippen LogP contribution in [0.15, 0.2) is 36.5 Å². The van der Waals surface area contributed by atoms with Gasteiger partial charge in [-0.1, -0.05) is 17.3 Å². The maximum atomic E-state index is 5.76. The molecular weight excluding hydrogens is 256 g/mol. The Balaban J connectivity index is 1.76. The summed E-state index contributed by atoms with van der Waals surface area (Å²) in [5.41, 5.74) is 8.11. The van der Waals surface area contributed by atoms with Gasteiger partial charge in [0.1, 0.15) is 23.9 Å². The number of H-pyrrole nitrogens is 1. The summed E-state index contributed by atoms with van der Waals surface area (Å²) >= 11 is 0. The summed E-state index contributed by atoms with van der Waals surface area (Å²) < 4.78 is 7.45. The summed E-state index contributed by atoms with van der Waals surface area (Å²) in [6, 6.07) is 9.46. The van der Waals surface area contributed by atoms with Crippen molar-refractivity contribution in [3.63, 3.8) is 0 Å². The van der Waals surface area contributed by atoms with Gasteiger partial charge in [-0.05, 0) is 18.2 Å². The van der Waals surface area contributed by atoms with Crippen LogP contribution in [0.5, 0.6) is 5.75 Å². The lowest BCUT2D eigenvalue weighted by molar-refractivity contribution is 0.300. The molecule has 7 heteroatoms. The molecule has 0 radical (unpaired) electrons. The van der Waals surface area contributed by atoms with Gasteiger partial charge in [-0.15, -0.1) is 5.10 Å². The molecule has 0 aliphatic rings. The Morgan fingerprint density at radius 2 is 2.25 bits per heavy atom. The molecule has 3 rings (SSSR count). The molecule has 102 valence electrons. The molecule has 2 heterocycles. The van der Waals surface area contributed by atoms with Gasteiger partial charge in [0.05, 0.1) is 5.69 Å². The van der Waals surface area contributed by atoms with E-state index in [1.807, 2.05) is 43.6 Å². The van der Waals surface area contributed by atoms with Crippen LogP contribution in [0.1, 0.15) is 5.69 Å². The monoisotopic (exact) mass is 270 g/mol. The number of aromatic amines is 1. The molecule has 0 amide bonds. The van der Waals surface area contributed by atoms with E-state index >= 15 is 0 Å². The van der Waals surface area contributed by atoms with E-state index in [1.165, 1.54) is 0 Å². The number of rotatable bonds is 4. The lowest BCUT2D eigenvalue weighted by Crippen LogP contribution is -1.98. The van der Waals surface area contributed by atoms with Crippen molar-refractivity contribution in [2.45, 2.75) is 6.61 Å². The minimum atomic E-state index is 0.415. The van der Waals surface area contributed by atoms with Gasteiger partial charge in [-0.25, -0.2) is 5.10 Å². The average molecular weight is 270 g/mol. The molecule has 1 aromatic carbocycles. The first-order valence-electron chi connectivity index (χ1n) is 6.10. The highest BCUT2D eigenvalue weighted by Crippen LogP contribution is 2.25. The molecule has 2 aromatic heterocycles. The number of hydrogen-bond acceptors (Lipinski definition) is 5. The van der Waals surface area contributed by atoms with Crippen molar-refractivity contribution in [2.24, 2.45) is 7.05 Å². The van der Waals surface area contributed by atoms with E-state index in [4.69, 9.17) is 10.5 Å². The molecular formula is C13H14N6O. The zero-order valence-corrected chi connectivity index (χ0v) is 10.9. The van der Waals surface area contributed by atoms with Gasteiger partial charge in [-0.3, -0.25) is 4.68 Å². The molecule has 3 aromatic rings. The Hall–Kier alpha value is -2.83. The van der Waals surface area contributed by atoms with E-state index in [9.17, 15) is 0 Å². The maximum Gasteiger partial charge on any atom is 0.147 e. The van der Waals surface area contributed by atoms with E-state index in [0.29, 0.717) is 18.1 Å². The number of hydrogen-bond donors (Lipinski definition) is 2. The molecule has 0 fully saturated rings. The summed E-state index contributed by atoms with van der Waals surface area (Å²) in [6.07, 6.45) is 1.88. The molecule has 7 nitrogen and oxygen atoms in total. The van der Waals surface area contributed by atoms with Crippen LogP contribution < -0.4 is 10.5 Å². The maximum absolute atomic E-state index is 5.76. The van der Waals surface area contributed by atoms with Crippen LogP contribution >= 0.6 is 0 Å². The highest BCUT2D eigenvalue weighted by Gasteiger charge is 2.08. The van der Waals surface area contributed by atoms with Crippen molar-refractivity contribution in [3.8, 4) is 17.0 Å². The molecule has 0 unspecified atom stereocenters. The molecule has 0 atom stereocenters. The highest BCUT2D eigenvalue weighted by atomic mass is 16.5. The topological polar surface area (TPSA) is 94.6 Å². The van der Waals surface area contributed by atoms with Gasteiger partial charge in [0, 0.05) is 18.8 Å². The SMILES string of the molecule is Cn1ccc(COc2cccc(-c3nn[nH]c3N)c2)n1. The second-order valence-electron chi connectivity index (χ2n) is 4.37. The van der Waals surface area contributed by atoms with Gasteiger partial charge < -0.3 is 10.5 Å². The number of anilines is 1. The van der Waals surface area contributed by atoms with E-state index in [0.717, 1.165) is 17.0 Å². The fourth-order valence-corrected chi connectivity index (χ4v) is 1.88. The Morgan fingerprint density at radius 1 is 1.35 bits per heavy atom. The largest absolute Gasteiger partial charge is 0.487 e. The Morgan fingerprint density at radius 3 is 2.95 bits per heavy atom. The molecule has 0 spiro atoms. The van der Waals surface area contributed by atoms with Crippen LogP contribution in [0.25, 0.3) is 11.3 Å². The summed E-state index contributed by atoms with van der Waals surface area (Å²) in [5.74, 6) is 1.17. The van der Waals surface area contributed by atoms with E-state index in [-0.39, 0.29) is 0 Å². The summed E-state index contributed by atoms with van der Waals surface area (Å²) in [6.45, 7) is 0.415. The van der Waals surface area contributed by atoms with Crippen molar-refractivity contribution in [2.75, 3.05) is 5.73 Å². The second-order valence-corrected chi connectivity index (χ2v) is 4.37. The zero-order valence-electron chi connectivity index (χ0n) is 10.9. The molecule has 20 heavy (non-hydrogen) atoms. The lowest BCUT2D eigenvalue weighted by Gasteiger charge is -2.05. The molecule has 0 aliphatic heterocycles. The minimum Gasteiger partial charge on any atom is -0.487 e. The first-order chi connectivity index (χ1) is 9.72. The van der Waals surface area contributed by atoms with Crippen molar-refractivity contribution >= 4 is 5.82 Å². The van der Waals surface area contributed by atoms with Crippen LogP contribution in [0.2, 0.25) is 0 Å². The van der Waals surface area contributed by atoms with Crippen molar-refractivity contribution < 1.29 is 4.74 Å². The number of nitrogens with one attached hydrogen (secondary N) is 1. The minimum absolute atomic E-state index is 0.415. The van der Waals surface area contributed by atoms with Crippen molar-refractivity contribution in [3.05, 3.63) is 42.2 Å². The van der Waals surface area contributed by atoms with Gasteiger partial charge >= 0.3 is 0 Å². The van der Waals surface area contributed by atoms with Gasteiger partial charge in [0.2, 0.25) is 0 Å². The van der Waals surface area contributed by atoms with E-state index in [2.05, 4.69) is 20.5 Å². The number of aryl methyl sites for hydroxylation is 1. The third-order valence-corrected chi connectivity index (χ3v) is 2.84. The molecule has 0 saturated carbocycles. The predicted molar refractivity (Wildman–Crippen MR) is 73.8 cm³/mol. The fraction of sp³-hybridized carbons (Fsp3) is 0.154. The standard InChI is InChI=1S/C13H14N6O/c1-19-6-5-10(17-19)8-20-11-4-2-3-9(7-11)12-13(14)16-18-15-12/h2-7H,8H2,1H3,(H3,14,15,16,18). The second kappa shape index (κ2) is 5.04. The number of nitrogens with two attached hydrogens (primary N) is 1. The summed E-state index contributed by atoms with van der Waals surface area (Å²) in [4.78, 5) is 0. The smallest absolute Gasteiger partial charge is 0.147 e. The number of nitrogens with zero attached hydrogens (tertiary/aromatic N) is 4. The lowest BCUT2D eigenvalue weighted by atomic mass is 10.1. The number of ether oxygens (including phenoxy) is 1. The van der Waals surface area contributed by atoms with E-state index in [1.54, 1.807) is 4.68 Å². The Kier molecular flexibility index (Phi) is 3.08. The first-order valence-corrected chi connectivity index (χ1v) is 6.10. The highest BCUT2D eigenvalue weighted by molar-refractivity contribution is 5.70. The zero-order chi connectivity index (χ0) is 13.9. The van der Waals surface area contributed by atoms with Crippen LogP contribution in [-0.4, -0.2) is 25.2 Å². The Labute approximate surface area is 115 Å². The predicted octanol–water partition coefficient (Wildman–Crippen LogP) is 1.37. The van der Waals surface area contributed by atoms with Gasteiger partial charge in [-0.2, -0.15) is 5.10 Å². The number of benzene rings is 1. The van der Waals surface area contributed by atoms with Crippen LogP contribution in [0.3, 0.4) is 0 Å². The average Bonchev–Trinajstić information content (AvgIpc) is 3.05. The number of aromatic nitrogens is 5. The van der Waals surface area contributed by atoms with Crippen molar-refractivity contribution in [1.82, 2.24) is 25.2 Å². The Bertz CT molecular complexity index is 717. The van der Waals surface area contributed by atoms with Crippen LogP contribution in [0, 0.1) is 0 Å². The molecule has 3 N–H and O–H groups in total. The fourth-order valence-electron chi connectivity index (χ4n) is 1.88. The van der Waals surface area contributed by atoms with Gasteiger partial charge in [0.15, 0.2) is 0 Å². The van der Waals surface area contributed by atoms with Gasteiger partial charge in [0.25, 0.3) is 0 Å². The van der Waals surface area contributed by atoms with E-state index < -0.39 is 0 Å².